The molecule has 0 heterocycles. The normalized spacial score (nSPS) is 12.4. The van der Waals surface area contributed by atoms with Gasteiger partial charge in [-0.15, -0.1) is 0 Å². The van der Waals surface area contributed by atoms with Crippen LogP contribution in [0.5, 0.6) is 5.75 Å². The van der Waals surface area contributed by atoms with Crippen molar-refractivity contribution in [2.45, 2.75) is 6.42 Å². The molecule has 0 saturated heterocycles. The summed E-state index contributed by atoms with van der Waals surface area (Å²) in [6, 6.07) is 8.07. The van der Waals surface area contributed by atoms with Gasteiger partial charge in [0.15, 0.2) is 0 Å². The van der Waals surface area contributed by atoms with Crippen LogP contribution in [-0.2, 0) is 6.42 Å². The molecule has 2 aromatic carbocycles. The Morgan fingerprint density at radius 1 is 1.12 bits per heavy atom. The number of hydrogen-bond donors (Lipinski definition) is 2. The van der Waals surface area contributed by atoms with E-state index in [1.165, 1.54) is 22.3 Å². The Balaban J connectivity index is 2.30. The number of anilines is 1. The molecule has 1 aliphatic carbocycles. The highest BCUT2D eigenvalue weighted by Gasteiger charge is 2.23. The van der Waals surface area contributed by atoms with Gasteiger partial charge in [0.2, 0.25) is 0 Å². The van der Waals surface area contributed by atoms with Gasteiger partial charge < -0.3 is 10.8 Å². The molecule has 0 aromatic heterocycles. The van der Waals surface area contributed by atoms with Crippen molar-refractivity contribution in [2.24, 2.45) is 0 Å². The van der Waals surface area contributed by atoms with Crippen molar-refractivity contribution in [3.8, 4) is 16.9 Å². The monoisotopic (exact) mass is 449 g/mol. The van der Waals surface area contributed by atoms with Gasteiger partial charge in [0.1, 0.15) is 5.75 Å². The first-order valence-electron chi connectivity index (χ1n) is 5.16. The van der Waals surface area contributed by atoms with Gasteiger partial charge in [0, 0.05) is 5.69 Å². The first kappa shape index (κ1) is 11.6. The Morgan fingerprint density at radius 2 is 1.88 bits per heavy atom. The molecular weight excluding hydrogens is 440 g/mol. The maximum Gasteiger partial charge on any atom is 0.142 e. The molecule has 0 spiro atoms. The van der Waals surface area contributed by atoms with E-state index in [9.17, 15) is 5.11 Å². The number of phenols is 1. The minimum Gasteiger partial charge on any atom is -0.506 e. The van der Waals surface area contributed by atoms with Gasteiger partial charge in [-0.1, -0.05) is 6.07 Å². The maximum atomic E-state index is 9.96. The largest absolute Gasteiger partial charge is 0.506 e. The number of nitrogen functional groups attached to an aromatic ring is 1. The second-order valence-electron chi connectivity index (χ2n) is 4.14. The minimum atomic E-state index is 0.394. The fraction of sp³-hybridized carbons (Fsp3) is 0.0769. The molecule has 2 nitrogen and oxygen atoms in total. The number of benzene rings is 2. The fourth-order valence-corrected chi connectivity index (χ4v) is 4.14. The third kappa shape index (κ3) is 1.72. The molecule has 3 N–H and O–H groups in total. The second kappa shape index (κ2) is 4.01. The minimum absolute atomic E-state index is 0.394. The number of nitrogens with two attached hydrogens (primary N) is 1. The van der Waals surface area contributed by atoms with Crippen LogP contribution in [0.15, 0.2) is 24.3 Å². The Bertz CT molecular complexity index is 638. The van der Waals surface area contributed by atoms with Crippen molar-refractivity contribution in [1.29, 1.82) is 0 Å². The van der Waals surface area contributed by atoms with Crippen LogP contribution in [0.3, 0.4) is 0 Å². The number of rotatable bonds is 0. The average Bonchev–Trinajstić information content (AvgIpc) is 2.64. The van der Waals surface area contributed by atoms with Crippen LogP contribution in [0.25, 0.3) is 11.1 Å². The number of aromatic hydroxyl groups is 1. The summed E-state index contributed by atoms with van der Waals surface area (Å²) in [5.41, 5.74) is 11.5. The maximum absolute atomic E-state index is 9.96. The Hall–Kier alpha value is -0.500. The molecule has 0 bridgehead atoms. The molecule has 3 rings (SSSR count). The highest BCUT2D eigenvalue weighted by Crippen LogP contribution is 2.44. The van der Waals surface area contributed by atoms with Crippen molar-refractivity contribution in [2.75, 3.05) is 5.73 Å². The Morgan fingerprint density at radius 3 is 2.65 bits per heavy atom. The summed E-state index contributed by atoms with van der Waals surface area (Å²) in [6.45, 7) is 0. The zero-order chi connectivity index (χ0) is 12.2. The van der Waals surface area contributed by atoms with E-state index in [1.54, 1.807) is 0 Å². The first-order valence-corrected chi connectivity index (χ1v) is 7.32. The lowest BCUT2D eigenvalue weighted by Crippen LogP contribution is -1.89. The van der Waals surface area contributed by atoms with Crippen LogP contribution in [0, 0.1) is 7.14 Å². The highest BCUT2D eigenvalue weighted by atomic mass is 127. The summed E-state index contributed by atoms with van der Waals surface area (Å²) in [7, 11) is 0. The standard InChI is InChI=1S/C13H9I2NO/c14-11-5-9-8-2-1-7(16)3-6(8)4-10(9)12(15)13(11)17/h1-3,5,17H,4,16H2. The van der Waals surface area contributed by atoms with Crippen molar-refractivity contribution in [1.82, 2.24) is 0 Å². The summed E-state index contributed by atoms with van der Waals surface area (Å²) in [6.07, 6.45) is 0.860. The molecule has 2 aromatic rings. The summed E-state index contributed by atoms with van der Waals surface area (Å²) < 4.78 is 1.86. The molecular formula is C13H9I2NO. The molecule has 4 heteroatoms. The molecule has 0 saturated carbocycles. The number of hydrogen-bond acceptors (Lipinski definition) is 2. The molecule has 0 fully saturated rings. The highest BCUT2D eigenvalue weighted by molar-refractivity contribution is 14.1. The number of phenolic OH excluding ortho intramolecular Hbond substituents is 1. The lowest BCUT2D eigenvalue weighted by Gasteiger charge is -2.07. The van der Waals surface area contributed by atoms with Gasteiger partial charge >= 0.3 is 0 Å². The van der Waals surface area contributed by atoms with Crippen molar-refractivity contribution >= 4 is 50.9 Å². The molecule has 0 atom stereocenters. The van der Waals surface area contributed by atoms with Crippen LogP contribution in [-0.4, -0.2) is 5.11 Å². The molecule has 0 unspecified atom stereocenters. The lowest BCUT2D eigenvalue weighted by molar-refractivity contribution is 0.467. The van der Waals surface area contributed by atoms with Crippen molar-refractivity contribution < 1.29 is 5.11 Å². The third-order valence-electron chi connectivity index (χ3n) is 3.08. The molecule has 1 aliphatic rings. The Kier molecular flexibility index (Phi) is 2.73. The smallest absolute Gasteiger partial charge is 0.142 e. The topological polar surface area (TPSA) is 46.2 Å². The molecule has 0 amide bonds. The summed E-state index contributed by atoms with van der Waals surface area (Å²) in [5, 5.41) is 9.96. The third-order valence-corrected chi connectivity index (χ3v) is 5.07. The van der Waals surface area contributed by atoms with Crippen molar-refractivity contribution in [3.63, 3.8) is 0 Å². The van der Waals surface area contributed by atoms with E-state index >= 15 is 0 Å². The molecule has 0 aliphatic heterocycles. The van der Waals surface area contributed by atoms with E-state index in [1.807, 2.05) is 12.1 Å². The van der Waals surface area contributed by atoms with Crippen LogP contribution < -0.4 is 5.73 Å². The summed E-state index contributed by atoms with van der Waals surface area (Å²) in [5.74, 6) is 0.394. The van der Waals surface area contributed by atoms with Crippen molar-refractivity contribution in [3.05, 3.63) is 42.5 Å². The van der Waals surface area contributed by atoms with Gasteiger partial charge in [-0.05, 0) is 92.1 Å². The first-order chi connectivity index (χ1) is 8.08. The quantitative estimate of drug-likeness (QED) is 0.406. The predicted octanol–water partition coefficient (Wildman–Crippen LogP) is 3.75. The summed E-state index contributed by atoms with van der Waals surface area (Å²) in [4.78, 5) is 0. The van der Waals surface area contributed by atoms with E-state index in [4.69, 9.17) is 5.73 Å². The average molecular weight is 449 g/mol. The van der Waals surface area contributed by atoms with Gasteiger partial charge in [0.05, 0.1) is 7.14 Å². The van der Waals surface area contributed by atoms with E-state index in [0.717, 1.165) is 19.2 Å². The predicted molar refractivity (Wildman–Crippen MR) is 86.2 cm³/mol. The van der Waals surface area contributed by atoms with Gasteiger partial charge in [-0.3, -0.25) is 0 Å². The van der Waals surface area contributed by atoms with Gasteiger partial charge in [0.25, 0.3) is 0 Å². The van der Waals surface area contributed by atoms with E-state index in [2.05, 4.69) is 57.3 Å². The number of halogens is 2. The number of fused-ring (bicyclic) bond motifs is 3. The Labute approximate surface area is 127 Å². The van der Waals surface area contributed by atoms with E-state index in [0.29, 0.717) is 5.75 Å². The van der Waals surface area contributed by atoms with Crippen LogP contribution in [0.4, 0.5) is 5.69 Å². The fourth-order valence-electron chi connectivity index (χ4n) is 2.27. The van der Waals surface area contributed by atoms with Crippen LogP contribution in [0.2, 0.25) is 0 Å². The van der Waals surface area contributed by atoms with Gasteiger partial charge in [-0.25, -0.2) is 0 Å². The SMILES string of the molecule is Nc1ccc2c(c1)Cc1c-2cc(I)c(O)c1I. The van der Waals surface area contributed by atoms with E-state index < -0.39 is 0 Å². The van der Waals surface area contributed by atoms with Crippen LogP contribution in [0.1, 0.15) is 11.1 Å². The second-order valence-corrected chi connectivity index (χ2v) is 6.38. The molecule has 86 valence electrons. The zero-order valence-corrected chi connectivity index (χ0v) is 13.1. The van der Waals surface area contributed by atoms with E-state index in [-0.39, 0.29) is 0 Å². The van der Waals surface area contributed by atoms with Gasteiger partial charge in [-0.2, -0.15) is 0 Å². The molecule has 0 radical (unpaired) electrons. The lowest BCUT2D eigenvalue weighted by atomic mass is 10.1. The summed E-state index contributed by atoms with van der Waals surface area (Å²) >= 11 is 4.39. The van der Waals surface area contributed by atoms with Crippen LogP contribution >= 0.6 is 45.2 Å². The molecule has 17 heavy (non-hydrogen) atoms. The zero-order valence-electron chi connectivity index (χ0n) is 8.80.